The van der Waals surface area contributed by atoms with Gasteiger partial charge >= 0.3 is 11.9 Å². The number of hydrogen-bond donors (Lipinski definition) is 0. The summed E-state index contributed by atoms with van der Waals surface area (Å²) in [5.74, 6) is 0.417. The third-order valence-electron chi connectivity index (χ3n) is 5.55. The molecule has 2 aliphatic rings. The lowest BCUT2D eigenvalue weighted by molar-refractivity contribution is -0.151. The van der Waals surface area contributed by atoms with Crippen molar-refractivity contribution in [1.82, 2.24) is 0 Å². The fourth-order valence-corrected chi connectivity index (χ4v) is 3.97. The molecule has 0 amide bonds. The number of furan rings is 1. The van der Waals surface area contributed by atoms with Gasteiger partial charge in [0.15, 0.2) is 0 Å². The van der Waals surface area contributed by atoms with Gasteiger partial charge in [-0.1, -0.05) is 73.9 Å². The molecule has 5 nitrogen and oxygen atoms in total. The van der Waals surface area contributed by atoms with Crippen LogP contribution in [-0.2, 0) is 25.7 Å². The largest absolute Gasteiger partial charge is 0.466 e. The Bertz CT molecular complexity index is 919. The van der Waals surface area contributed by atoms with Gasteiger partial charge in [-0.3, -0.25) is 9.59 Å². The lowest BCUT2D eigenvalue weighted by atomic mass is 9.69. The zero-order chi connectivity index (χ0) is 22.5. The summed E-state index contributed by atoms with van der Waals surface area (Å²) in [6.07, 6.45) is 27.1. The molecule has 3 rings (SSSR count). The van der Waals surface area contributed by atoms with E-state index in [0.29, 0.717) is 11.5 Å². The van der Waals surface area contributed by atoms with Crippen molar-refractivity contribution in [2.75, 3.05) is 0 Å². The molecule has 0 bridgehead atoms. The molecule has 0 N–H and O–H groups in total. The molecule has 5 heteroatoms. The third kappa shape index (κ3) is 8.06. The van der Waals surface area contributed by atoms with E-state index in [0.717, 1.165) is 32.1 Å². The zero-order valence-electron chi connectivity index (χ0n) is 18.3. The highest BCUT2D eigenvalue weighted by atomic mass is 16.5. The van der Waals surface area contributed by atoms with Crippen LogP contribution in [0.1, 0.15) is 50.7 Å². The average molecular weight is 435 g/mol. The quantitative estimate of drug-likeness (QED) is 0.473. The zero-order valence-corrected chi connectivity index (χ0v) is 18.3. The molecule has 168 valence electrons. The Balaban J connectivity index is 1.62. The molecule has 0 spiro atoms. The van der Waals surface area contributed by atoms with Gasteiger partial charge in [0.1, 0.15) is 18.1 Å². The van der Waals surface area contributed by atoms with Gasteiger partial charge < -0.3 is 13.9 Å². The molecule has 1 aromatic rings. The minimum atomic E-state index is -0.422. The molecule has 0 aromatic carbocycles. The maximum Gasteiger partial charge on any atom is 0.311 e. The van der Waals surface area contributed by atoms with Crippen LogP contribution in [0.15, 0.2) is 95.4 Å². The summed E-state index contributed by atoms with van der Waals surface area (Å²) >= 11 is 0. The summed E-state index contributed by atoms with van der Waals surface area (Å²) in [7, 11) is 0. The number of rotatable bonds is 7. The van der Waals surface area contributed by atoms with E-state index in [9.17, 15) is 9.59 Å². The van der Waals surface area contributed by atoms with Crippen molar-refractivity contribution in [1.29, 1.82) is 0 Å². The van der Waals surface area contributed by atoms with Crippen molar-refractivity contribution < 1.29 is 23.5 Å². The lowest BCUT2D eigenvalue weighted by Gasteiger charge is -2.35. The van der Waals surface area contributed by atoms with Gasteiger partial charge in [0.05, 0.1) is 19.1 Å². The summed E-state index contributed by atoms with van der Waals surface area (Å²) in [5.41, 5.74) is -0.422. The Morgan fingerprint density at radius 2 is 1.50 bits per heavy atom. The molecule has 0 aliphatic heterocycles. The van der Waals surface area contributed by atoms with Crippen LogP contribution in [0.4, 0.5) is 0 Å². The number of carbonyl (C=O) groups is 2. The van der Waals surface area contributed by atoms with Crippen molar-refractivity contribution in [2.45, 2.75) is 51.6 Å². The van der Waals surface area contributed by atoms with Gasteiger partial charge in [0.2, 0.25) is 0 Å². The molecule has 0 atom stereocenters. The van der Waals surface area contributed by atoms with E-state index in [1.165, 1.54) is 0 Å². The van der Waals surface area contributed by atoms with E-state index in [1.807, 2.05) is 54.7 Å². The molecule has 1 fully saturated rings. The van der Waals surface area contributed by atoms with E-state index in [4.69, 9.17) is 13.9 Å². The minimum absolute atomic E-state index is 0.105. The molecule has 0 unspecified atom stereocenters. The summed E-state index contributed by atoms with van der Waals surface area (Å²) in [5, 5.41) is 0. The monoisotopic (exact) mass is 434 g/mol. The minimum Gasteiger partial charge on any atom is -0.466 e. The van der Waals surface area contributed by atoms with Gasteiger partial charge in [-0.05, 0) is 42.5 Å². The number of ether oxygens (including phenoxy) is 2. The van der Waals surface area contributed by atoms with Gasteiger partial charge in [0, 0.05) is 0 Å². The van der Waals surface area contributed by atoms with E-state index in [2.05, 4.69) is 0 Å². The van der Waals surface area contributed by atoms with Gasteiger partial charge in [-0.2, -0.15) is 0 Å². The predicted molar refractivity (Wildman–Crippen MR) is 123 cm³/mol. The van der Waals surface area contributed by atoms with Crippen LogP contribution in [-0.4, -0.2) is 11.9 Å². The first-order valence-electron chi connectivity index (χ1n) is 11.1. The Morgan fingerprint density at radius 3 is 2.19 bits per heavy atom. The van der Waals surface area contributed by atoms with Crippen LogP contribution in [0, 0.1) is 5.41 Å². The Kier molecular flexibility index (Phi) is 9.11. The topological polar surface area (TPSA) is 65.7 Å². The van der Waals surface area contributed by atoms with Crippen molar-refractivity contribution in [2.24, 2.45) is 5.41 Å². The molecule has 1 aromatic heterocycles. The van der Waals surface area contributed by atoms with Crippen LogP contribution < -0.4 is 0 Å². The molecular weight excluding hydrogens is 404 g/mol. The van der Waals surface area contributed by atoms with E-state index >= 15 is 0 Å². The van der Waals surface area contributed by atoms with Gasteiger partial charge in [-0.15, -0.1) is 0 Å². The first-order valence-corrected chi connectivity index (χ1v) is 11.1. The van der Waals surface area contributed by atoms with Crippen molar-refractivity contribution in [3.05, 3.63) is 96.8 Å². The van der Waals surface area contributed by atoms with Gasteiger partial charge in [-0.25, -0.2) is 0 Å². The average Bonchev–Trinajstić information content (AvgIpc) is 3.28. The third-order valence-corrected chi connectivity index (χ3v) is 5.55. The highest BCUT2D eigenvalue weighted by molar-refractivity contribution is 5.75. The van der Waals surface area contributed by atoms with Crippen LogP contribution in [0.3, 0.4) is 0 Å². The van der Waals surface area contributed by atoms with Crippen molar-refractivity contribution in [3.63, 3.8) is 0 Å². The highest BCUT2D eigenvalue weighted by Crippen LogP contribution is 2.43. The second kappa shape index (κ2) is 12.5. The van der Waals surface area contributed by atoms with Crippen LogP contribution in [0.2, 0.25) is 0 Å². The second-order valence-electron chi connectivity index (χ2n) is 8.10. The lowest BCUT2D eigenvalue weighted by Crippen LogP contribution is -2.31. The van der Waals surface area contributed by atoms with Crippen LogP contribution in [0.5, 0.6) is 0 Å². The van der Waals surface area contributed by atoms with Crippen LogP contribution >= 0.6 is 0 Å². The number of allylic oxidation sites excluding steroid dienone is 11. The second-order valence-corrected chi connectivity index (χ2v) is 8.10. The Morgan fingerprint density at radius 1 is 0.844 bits per heavy atom. The molecule has 2 aliphatic carbocycles. The smallest absolute Gasteiger partial charge is 0.311 e. The fourth-order valence-electron chi connectivity index (χ4n) is 3.97. The Hall–Kier alpha value is -3.34. The normalized spacial score (nSPS) is 21.8. The molecule has 32 heavy (non-hydrogen) atoms. The first-order chi connectivity index (χ1) is 15.7. The number of esters is 2. The standard InChI is InChI=1S/C27H30O5/c28-25(31-22-24-16-13-19-30-24)20-27(17-11-8-12-18-27)21-26(29)32-23-14-9-6-4-2-1-3-5-7-10-15-23/h1-7,9-10,13-16,19H,8,11-12,17-18,20-22H2/b2-1-,3-1?,4-2?,5-3-,6-4-,7-5?,9-6?,10-7-,14-9?,15-10?,23-14?,23-15?. The van der Waals surface area contributed by atoms with E-state index in [1.54, 1.807) is 30.5 Å². The van der Waals surface area contributed by atoms with Gasteiger partial charge in [0.25, 0.3) is 0 Å². The molecule has 0 saturated heterocycles. The fraction of sp³-hybridized carbons (Fsp3) is 0.333. The van der Waals surface area contributed by atoms with Crippen molar-refractivity contribution >= 4 is 11.9 Å². The summed E-state index contributed by atoms with van der Waals surface area (Å²) in [6, 6.07) is 3.52. The summed E-state index contributed by atoms with van der Waals surface area (Å²) in [4.78, 5) is 25.4. The molecular formula is C27H30O5. The Labute approximate surface area is 189 Å². The van der Waals surface area contributed by atoms with E-state index < -0.39 is 5.41 Å². The summed E-state index contributed by atoms with van der Waals surface area (Å²) < 4.78 is 16.3. The number of hydrogen-bond acceptors (Lipinski definition) is 5. The number of carbonyl (C=O) groups excluding carboxylic acids is 2. The highest BCUT2D eigenvalue weighted by Gasteiger charge is 2.37. The van der Waals surface area contributed by atoms with Crippen molar-refractivity contribution in [3.8, 4) is 0 Å². The molecule has 1 saturated carbocycles. The maximum atomic E-state index is 12.9. The molecule has 1 heterocycles. The van der Waals surface area contributed by atoms with E-state index in [-0.39, 0.29) is 31.4 Å². The predicted octanol–water partition coefficient (Wildman–Crippen LogP) is 6.28. The van der Waals surface area contributed by atoms with Crippen LogP contribution in [0.25, 0.3) is 0 Å². The summed E-state index contributed by atoms with van der Waals surface area (Å²) in [6.45, 7) is 0.105. The molecule has 0 radical (unpaired) electrons. The maximum absolute atomic E-state index is 12.9. The first kappa shape index (κ1) is 23.3. The SMILES string of the molecule is O=C(CC1(CC(=O)OC2=C\C=C/C=C\C=C/C=C\C=C2)CCCCC1)OCc1ccco1.